The quantitative estimate of drug-likeness (QED) is 0.670. The number of hydrogen-bond donors (Lipinski definition) is 0. The lowest BCUT2D eigenvalue weighted by Gasteiger charge is -2.38. The third-order valence-electron chi connectivity index (χ3n) is 5.64. The third-order valence-corrected chi connectivity index (χ3v) is 5.64. The summed E-state index contributed by atoms with van der Waals surface area (Å²) in [6, 6.07) is 19.7. The van der Waals surface area contributed by atoms with Gasteiger partial charge < -0.3 is 4.74 Å². The molecule has 2 aromatic carbocycles. The molecule has 0 saturated heterocycles. The van der Waals surface area contributed by atoms with E-state index in [1.807, 2.05) is 61.5 Å². The SMILES string of the molecule is CC1=NC2=C(C(=O)CC(C)(C)C2)[C@H](c2cccc(Oc3ccccc3)c2)C1C#N. The van der Waals surface area contributed by atoms with E-state index in [1.165, 1.54) is 0 Å². The first-order valence-corrected chi connectivity index (χ1v) is 9.92. The van der Waals surface area contributed by atoms with E-state index < -0.39 is 5.92 Å². The molecule has 0 fully saturated rings. The molecule has 1 aliphatic heterocycles. The van der Waals surface area contributed by atoms with Gasteiger partial charge in [-0.25, -0.2) is 0 Å². The number of rotatable bonds is 3. The highest BCUT2D eigenvalue weighted by atomic mass is 16.5. The van der Waals surface area contributed by atoms with E-state index in [-0.39, 0.29) is 17.1 Å². The van der Waals surface area contributed by atoms with Crippen molar-refractivity contribution in [3.05, 3.63) is 71.4 Å². The molecule has 4 heteroatoms. The Labute approximate surface area is 171 Å². The zero-order valence-electron chi connectivity index (χ0n) is 17.0. The van der Waals surface area contributed by atoms with Crippen molar-refractivity contribution in [3.63, 3.8) is 0 Å². The molecular formula is C25H24N2O2. The highest BCUT2D eigenvalue weighted by Crippen LogP contribution is 2.47. The number of ether oxygens (including phenoxy) is 1. The maximum atomic E-state index is 13.1. The van der Waals surface area contributed by atoms with Crippen molar-refractivity contribution in [2.45, 2.75) is 39.5 Å². The van der Waals surface area contributed by atoms with Crippen LogP contribution in [0.3, 0.4) is 0 Å². The molecule has 1 unspecified atom stereocenters. The molecule has 2 aromatic rings. The minimum Gasteiger partial charge on any atom is -0.457 e. The Morgan fingerprint density at radius 1 is 1.07 bits per heavy atom. The molecule has 1 heterocycles. The van der Waals surface area contributed by atoms with Crippen LogP contribution in [0.25, 0.3) is 0 Å². The van der Waals surface area contributed by atoms with E-state index in [1.54, 1.807) is 0 Å². The number of aliphatic imine (C=N–C) groups is 1. The fourth-order valence-corrected chi connectivity index (χ4v) is 4.37. The molecule has 146 valence electrons. The molecule has 4 rings (SSSR count). The molecule has 0 bridgehead atoms. The Hall–Kier alpha value is -3.19. The second kappa shape index (κ2) is 7.33. The number of carbonyl (C=O) groups is 1. The summed E-state index contributed by atoms with van der Waals surface area (Å²) >= 11 is 0. The molecule has 2 atom stereocenters. The van der Waals surface area contributed by atoms with Crippen molar-refractivity contribution in [1.29, 1.82) is 5.26 Å². The highest BCUT2D eigenvalue weighted by molar-refractivity contribution is 6.03. The van der Waals surface area contributed by atoms with Crippen LogP contribution in [-0.2, 0) is 4.79 Å². The van der Waals surface area contributed by atoms with Gasteiger partial charge in [0, 0.05) is 29.3 Å². The zero-order chi connectivity index (χ0) is 20.6. The van der Waals surface area contributed by atoms with Gasteiger partial charge in [-0.15, -0.1) is 0 Å². The number of para-hydroxylation sites is 1. The number of nitriles is 1. The predicted octanol–water partition coefficient (Wildman–Crippen LogP) is 5.82. The fraction of sp³-hybridized carbons (Fsp3) is 0.320. The van der Waals surface area contributed by atoms with Crippen LogP contribution in [-0.4, -0.2) is 11.5 Å². The van der Waals surface area contributed by atoms with Gasteiger partial charge in [-0.2, -0.15) is 5.26 Å². The van der Waals surface area contributed by atoms with E-state index >= 15 is 0 Å². The van der Waals surface area contributed by atoms with Crippen LogP contribution in [0.1, 0.15) is 45.1 Å². The molecule has 0 amide bonds. The molecule has 0 spiro atoms. The first kappa shape index (κ1) is 19.1. The Balaban J connectivity index is 1.77. The standard InChI is InChI=1S/C25H24N2O2/c1-16-20(15-26)23(24-21(27-16)13-25(2,3)14-22(24)28)17-8-7-11-19(12-17)29-18-9-5-4-6-10-18/h4-12,20,23H,13-14H2,1-3H3/t20?,23-/m1/s1. The lowest BCUT2D eigenvalue weighted by Crippen LogP contribution is -2.35. The monoisotopic (exact) mass is 384 g/mol. The molecule has 4 nitrogen and oxygen atoms in total. The normalized spacial score (nSPS) is 23.1. The van der Waals surface area contributed by atoms with Crippen LogP contribution in [0, 0.1) is 22.7 Å². The number of Topliss-reactive ketones (excluding diaryl/α,β-unsaturated/α-hetero) is 1. The molecule has 0 aromatic heterocycles. The maximum Gasteiger partial charge on any atom is 0.161 e. The summed E-state index contributed by atoms with van der Waals surface area (Å²) in [6.45, 7) is 6.08. The first-order valence-electron chi connectivity index (χ1n) is 9.92. The van der Waals surface area contributed by atoms with Crippen LogP contribution < -0.4 is 4.74 Å². The summed E-state index contributed by atoms with van der Waals surface area (Å²) in [5.74, 6) is 0.781. The first-order chi connectivity index (χ1) is 13.9. The number of benzene rings is 2. The van der Waals surface area contributed by atoms with Crippen molar-refractivity contribution in [1.82, 2.24) is 0 Å². The zero-order valence-corrected chi connectivity index (χ0v) is 17.0. The second-order valence-electron chi connectivity index (χ2n) is 8.63. The molecule has 1 aliphatic carbocycles. The van der Waals surface area contributed by atoms with Gasteiger partial charge in [-0.3, -0.25) is 9.79 Å². The van der Waals surface area contributed by atoms with Crippen molar-refractivity contribution in [3.8, 4) is 17.6 Å². The Kier molecular flexibility index (Phi) is 4.84. The van der Waals surface area contributed by atoms with Gasteiger partial charge in [0.15, 0.2) is 5.78 Å². The smallest absolute Gasteiger partial charge is 0.161 e. The maximum absolute atomic E-state index is 13.1. The van der Waals surface area contributed by atoms with E-state index in [9.17, 15) is 10.1 Å². The van der Waals surface area contributed by atoms with Crippen LogP contribution in [0.2, 0.25) is 0 Å². The van der Waals surface area contributed by atoms with E-state index in [0.717, 1.165) is 29.1 Å². The Morgan fingerprint density at radius 3 is 2.52 bits per heavy atom. The number of ketones is 1. The van der Waals surface area contributed by atoms with E-state index in [2.05, 4.69) is 19.9 Å². The summed E-state index contributed by atoms with van der Waals surface area (Å²) in [7, 11) is 0. The van der Waals surface area contributed by atoms with Gasteiger partial charge in [-0.1, -0.05) is 44.2 Å². The molecule has 29 heavy (non-hydrogen) atoms. The summed E-state index contributed by atoms with van der Waals surface area (Å²) in [6.07, 6.45) is 1.23. The summed E-state index contributed by atoms with van der Waals surface area (Å²) in [5.41, 5.74) is 3.13. The average Bonchev–Trinajstić information content (AvgIpc) is 2.67. The van der Waals surface area contributed by atoms with Crippen LogP contribution in [0.15, 0.2) is 70.9 Å². The molecular weight excluding hydrogens is 360 g/mol. The lowest BCUT2D eigenvalue weighted by molar-refractivity contribution is -0.118. The van der Waals surface area contributed by atoms with Crippen molar-refractivity contribution in [2.24, 2.45) is 16.3 Å². The van der Waals surface area contributed by atoms with E-state index in [4.69, 9.17) is 9.73 Å². The summed E-state index contributed by atoms with van der Waals surface area (Å²) < 4.78 is 5.99. The average molecular weight is 384 g/mol. The largest absolute Gasteiger partial charge is 0.457 e. The summed E-state index contributed by atoms with van der Waals surface area (Å²) in [4.78, 5) is 17.8. The van der Waals surface area contributed by atoms with Gasteiger partial charge in [0.25, 0.3) is 0 Å². The topological polar surface area (TPSA) is 62.4 Å². The number of nitrogens with zero attached hydrogens (tertiary/aromatic N) is 2. The summed E-state index contributed by atoms with van der Waals surface area (Å²) in [5, 5.41) is 9.88. The Bertz CT molecular complexity index is 1060. The van der Waals surface area contributed by atoms with Gasteiger partial charge in [0.2, 0.25) is 0 Å². The molecule has 0 radical (unpaired) electrons. The minimum absolute atomic E-state index is 0.104. The van der Waals surface area contributed by atoms with Crippen LogP contribution in [0.5, 0.6) is 11.5 Å². The van der Waals surface area contributed by atoms with Gasteiger partial charge in [-0.05, 0) is 48.6 Å². The molecule has 0 saturated carbocycles. The van der Waals surface area contributed by atoms with Gasteiger partial charge in [0.1, 0.15) is 11.5 Å². The Morgan fingerprint density at radius 2 is 1.79 bits per heavy atom. The van der Waals surface area contributed by atoms with Crippen molar-refractivity contribution in [2.75, 3.05) is 0 Å². The second-order valence-corrected chi connectivity index (χ2v) is 8.63. The number of carbonyl (C=O) groups excluding carboxylic acids is 1. The predicted molar refractivity (Wildman–Crippen MR) is 113 cm³/mol. The van der Waals surface area contributed by atoms with E-state index in [0.29, 0.717) is 17.7 Å². The lowest BCUT2D eigenvalue weighted by atomic mass is 9.67. The third kappa shape index (κ3) is 3.73. The van der Waals surface area contributed by atoms with Gasteiger partial charge >= 0.3 is 0 Å². The number of hydrogen-bond acceptors (Lipinski definition) is 4. The van der Waals surface area contributed by atoms with Crippen molar-refractivity contribution >= 4 is 11.5 Å². The number of allylic oxidation sites excluding steroid dienone is 2. The molecule has 2 aliphatic rings. The van der Waals surface area contributed by atoms with Crippen molar-refractivity contribution < 1.29 is 9.53 Å². The fourth-order valence-electron chi connectivity index (χ4n) is 4.37. The minimum atomic E-state index is -0.453. The highest BCUT2D eigenvalue weighted by Gasteiger charge is 2.43. The van der Waals surface area contributed by atoms with Crippen LogP contribution in [0.4, 0.5) is 0 Å². The van der Waals surface area contributed by atoms with Crippen LogP contribution >= 0.6 is 0 Å². The molecule has 0 N–H and O–H groups in total. The van der Waals surface area contributed by atoms with Gasteiger partial charge in [0.05, 0.1) is 12.0 Å².